The Bertz CT molecular complexity index is 894. The summed E-state index contributed by atoms with van der Waals surface area (Å²) in [5, 5.41) is 0. The minimum Gasteiger partial charge on any atom is -0.251 e. The van der Waals surface area contributed by atoms with Crippen molar-refractivity contribution in [1.82, 2.24) is 0 Å². The third-order valence-electron chi connectivity index (χ3n) is 7.89. The van der Waals surface area contributed by atoms with E-state index >= 15 is 0 Å². The van der Waals surface area contributed by atoms with Crippen molar-refractivity contribution in [2.45, 2.75) is 69.9 Å². The number of benzene rings is 2. The van der Waals surface area contributed by atoms with Crippen LogP contribution in [0.1, 0.15) is 74.8 Å². The molecule has 0 spiro atoms. The van der Waals surface area contributed by atoms with Crippen LogP contribution in [0.2, 0.25) is 0 Å². The largest absolute Gasteiger partial charge is 0.422 e. The number of rotatable bonds is 5. The standard InChI is InChI=1S/C27H30F6/c28-14-13-17-1-3-18(4-2-17)19-5-7-20(8-6-19)21-9-11-22(12-10-21)23-15-24(29)26(25(30)16-23)27(31,32)33/h9-12,15-20H,1-8,13-14H2. The minimum atomic E-state index is -5.07. The van der Waals surface area contributed by atoms with Gasteiger partial charge in [-0.3, -0.25) is 4.39 Å². The molecule has 4 rings (SSSR count). The summed E-state index contributed by atoms with van der Waals surface area (Å²) >= 11 is 0. The smallest absolute Gasteiger partial charge is 0.251 e. The Balaban J connectivity index is 1.36. The number of halogens is 6. The van der Waals surface area contributed by atoms with Crippen LogP contribution in [-0.2, 0) is 6.18 Å². The summed E-state index contributed by atoms with van der Waals surface area (Å²) in [5.74, 6) is -0.706. The fourth-order valence-corrected chi connectivity index (χ4v) is 5.98. The molecule has 6 heteroatoms. The van der Waals surface area contributed by atoms with E-state index in [0.29, 0.717) is 23.8 Å². The maximum Gasteiger partial charge on any atom is 0.422 e. The lowest BCUT2D eigenvalue weighted by molar-refractivity contribution is -0.142. The average molecular weight is 469 g/mol. The maximum atomic E-state index is 13.9. The minimum absolute atomic E-state index is 0.0941. The Morgan fingerprint density at radius 1 is 0.697 bits per heavy atom. The van der Waals surface area contributed by atoms with Crippen molar-refractivity contribution < 1.29 is 26.3 Å². The molecule has 2 aliphatic rings. The first-order chi connectivity index (χ1) is 15.8. The molecule has 0 radical (unpaired) electrons. The molecule has 180 valence electrons. The molecule has 0 unspecified atom stereocenters. The molecule has 0 heterocycles. The number of alkyl halides is 4. The SMILES string of the molecule is FCCC1CCC(C2CCC(c3ccc(-c4cc(F)c(C(F)(F)F)c(F)c4)cc3)CC2)CC1. The van der Waals surface area contributed by atoms with Crippen LogP contribution in [0.5, 0.6) is 0 Å². The summed E-state index contributed by atoms with van der Waals surface area (Å²) in [5.41, 5.74) is -0.104. The van der Waals surface area contributed by atoms with Crippen LogP contribution in [0.4, 0.5) is 26.3 Å². The van der Waals surface area contributed by atoms with E-state index in [9.17, 15) is 26.3 Å². The molecule has 0 N–H and O–H groups in total. The van der Waals surface area contributed by atoms with Gasteiger partial charge in [0.15, 0.2) is 0 Å². The molecule has 2 aromatic rings. The topological polar surface area (TPSA) is 0 Å². The molecule has 0 saturated heterocycles. The summed E-state index contributed by atoms with van der Waals surface area (Å²) in [6.45, 7) is -0.206. The molecule has 0 aromatic heterocycles. The zero-order chi connectivity index (χ0) is 23.6. The normalized spacial score (nSPS) is 26.4. The fourth-order valence-electron chi connectivity index (χ4n) is 5.98. The molecule has 2 aromatic carbocycles. The van der Waals surface area contributed by atoms with Crippen LogP contribution in [0.3, 0.4) is 0 Å². The van der Waals surface area contributed by atoms with Crippen LogP contribution in [0, 0.1) is 29.4 Å². The van der Waals surface area contributed by atoms with E-state index in [1.807, 2.05) is 12.1 Å². The second kappa shape index (κ2) is 10.1. The molecular formula is C27H30F6. The van der Waals surface area contributed by atoms with Gasteiger partial charge in [0.25, 0.3) is 0 Å². The van der Waals surface area contributed by atoms with Crippen molar-refractivity contribution >= 4 is 0 Å². The van der Waals surface area contributed by atoms with E-state index in [4.69, 9.17) is 0 Å². The van der Waals surface area contributed by atoms with E-state index in [-0.39, 0.29) is 12.2 Å². The van der Waals surface area contributed by atoms with Gasteiger partial charge in [-0.2, -0.15) is 13.2 Å². The van der Waals surface area contributed by atoms with Crippen molar-refractivity contribution in [1.29, 1.82) is 0 Å². The third kappa shape index (κ3) is 5.58. The second-order valence-electron chi connectivity index (χ2n) is 9.80. The summed E-state index contributed by atoms with van der Waals surface area (Å²) < 4.78 is 78.9. The Morgan fingerprint density at radius 2 is 1.21 bits per heavy atom. The van der Waals surface area contributed by atoms with Crippen molar-refractivity contribution in [2.75, 3.05) is 6.67 Å². The zero-order valence-electron chi connectivity index (χ0n) is 18.6. The summed E-state index contributed by atoms with van der Waals surface area (Å²) in [6, 6.07) is 8.80. The van der Waals surface area contributed by atoms with Crippen molar-refractivity contribution in [3.8, 4) is 11.1 Å². The van der Waals surface area contributed by atoms with Crippen molar-refractivity contribution in [3.05, 3.63) is 59.2 Å². The average Bonchev–Trinajstić information content (AvgIpc) is 2.79. The van der Waals surface area contributed by atoms with Crippen LogP contribution in [0.25, 0.3) is 11.1 Å². The van der Waals surface area contributed by atoms with Gasteiger partial charge in [0, 0.05) is 0 Å². The van der Waals surface area contributed by atoms with Crippen molar-refractivity contribution in [2.24, 2.45) is 17.8 Å². The predicted octanol–water partition coefficient (Wildman–Crippen LogP) is 9.09. The predicted molar refractivity (Wildman–Crippen MR) is 118 cm³/mol. The van der Waals surface area contributed by atoms with Crippen LogP contribution in [-0.4, -0.2) is 6.67 Å². The monoisotopic (exact) mass is 468 g/mol. The van der Waals surface area contributed by atoms with E-state index in [1.165, 1.54) is 25.7 Å². The zero-order valence-corrected chi connectivity index (χ0v) is 18.6. The van der Waals surface area contributed by atoms with E-state index in [1.54, 1.807) is 12.1 Å². The number of hydrogen-bond acceptors (Lipinski definition) is 0. The molecule has 2 fully saturated rings. The highest BCUT2D eigenvalue weighted by Gasteiger charge is 2.38. The van der Waals surface area contributed by atoms with Gasteiger partial charge >= 0.3 is 6.18 Å². The van der Waals surface area contributed by atoms with Crippen LogP contribution < -0.4 is 0 Å². The maximum absolute atomic E-state index is 13.9. The Labute approximate surface area is 191 Å². The molecule has 2 aliphatic carbocycles. The van der Waals surface area contributed by atoms with Gasteiger partial charge in [-0.05, 0) is 97.4 Å². The lowest BCUT2D eigenvalue weighted by Crippen LogP contribution is -2.25. The first-order valence-electron chi connectivity index (χ1n) is 12.0. The Hall–Kier alpha value is -1.98. The summed E-state index contributed by atoms with van der Waals surface area (Å²) in [6.07, 6.45) is 4.94. The second-order valence-corrected chi connectivity index (χ2v) is 9.80. The van der Waals surface area contributed by atoms with Crippen LogP contribution in [0.15, 0.2) is 36.4 Å². The molecule has 33 heavy (non-hydrogen) atoms. The fraction of sp³-hybridized carbons (Fsp3) is 0.556. The first-order valence-corrected chi connectivity index (χ1v) is 12.0. The third-order valence-corrected chi connectivity index (χ3v) is 7.89. The van der Waals surface area contributed by atoms with Crippen molar-refractivity contribution in [3.63, 3.8) is 0 Å². The Morgan fingerprint density at radius 3 is 1.70 bits per heavy atom. The molecule has 0 nitrogen and oxygen atoms in total. The number of hydrogen-bond donors (Lipinski definition) is 0. The van der Waals surface area contributed by atoms with Gasteiger partial charge in [-0.1, -0.05) is 37.1 Å². The van der Waals surface area contributed by atoms with Gasteiger partial charge in [-0.15, -0.1) is 0 Å². The summed E-state index contributed by atoms with van der Waals surface area (Å²) in [7, 11) is 0. The van der Waals surface area contributed by atoms with Gasteiger partial charge in [-0.25, -0.2) is 8.78 Å². The summed E-state index contributed by atoms with van der Waals surface area (Å²) in [4.78, 5) is 0. The lowest BCUT2D eigenvalue weighted by Gasteiger charge is -2.38. The van der Waals surface area contributed by atoms with E-state index in [2.05, 4.69) is 0 Å². The highest BCUT2D eigenvalue weighted by Crippen LogP contribution is 2.44. The quantitative estimate of drug-likeness (QED) is 0.384. The molecule has 0 amide bonds. The Kier molecular flexibility index (Phi) is 7.40. The first kappa shape index (κ1) is 24.2. The highest BCUT2D eigenvalue weighted by molar-refractivity contribution is 5.64. The molecule has 2 saturated carbocycles. The van der Waals surface area contributed by atoms with Crippen LogP contribution >= 0.6 is 0 Å². The highest BCUT2D eigenvalue weighted by atomic mass is 19.4. The molecular weight excluding hydrogens is 438 g/mol. The van der Waals surface area contributed by atoms with Gasteiger partial charge in [0.2, 0.25) is 0 Å². The van der Waals surface area contributed by atoms with Gasteiger partial charge in [0.05, 0.1) is 6.67 Å². The molecule has 0 bridgehead atoms. The van der Waals surface area contributed by atoms with Gasteiger partial charge < -0.3 is 0 Å². The molecule has 0 aliphatic heterocycles. The van der Waals surface area contributed by atoms with E-state index in [0.717, 1.165) is 55.2 Å². The molecule has 0 atom stereocenters. The lowest BCUT2D eigenvalue weighted by atomic mass is 9.68. The van der Waals surface area contributed by atoms with Gasteiger partial charge in [0.1, 0.15) is 17.2 Å². The van der Waals surface area contributed by atoms with E-state index < -0.39 is 23.4 Å².